The van der Waals surface area contributed by atoms with E-state index < -0.39 is 12.1 Å². The lowest BCUT2D eigenvalue weighted by Crippen LogP contribution is -2.45. The number of nitriles is 1. The fourth-order valence-corrected chi connectivity index (χ4v) is 3.72. The van der Waals surface area contributed by atoms with E-state index in [1.165, 1.54) is 25.5 Å². The van der Waals surface area contributed by atoms with E-state index in [0.717, 1.165) is 25.2 Å². The van der Waals surface area contributed by atoms with Crippen LogP contribution in [-0.2, 0) is 11.3 Å². The Labute approximate surface area is 217 Å². The van der Waals surface area contributed by atoms with Crippen molar-refractivity contribution in [3.63, 3.8) is 0 Å². The molecule has 0 saturated carbocycles. The Morgan fingerprint density at radius 3 is 2.49 bits per heavy atom. The number of hydrogen-bond donors (Lipinski definition) is 2. The molecule has 1 fully saturated rings. The number of aliphatic carboxylic acids is 1. The maximum atomic E-state index is 13.0. The number of aromatic nitrogens is 2. The van der Waals surface area contributed by atoms with Gasteiger partial charge in [-0.15, -0.1) is 0 Å². The minimum Gasteiger partial charge on any atom is -0.475 e. The molecule has 0 radical (unpaired) electrons. The highest BCUT2D eigenvalue weighted by Gasteiger charge is 2.38. The van der Waals surface area contributed by atoms with Crippen molar-refractivity contribution in [2.24, 2.45) is 5.92 Å². The van der Waals surface area contributed by atoms with Gasteiger partial charge in [-0.3, -0.25) is 20.1 Å². The van der Waals surface area contributed by atoms with Crippen molar-refractivity contribution < 1.29 is 27.9 Å². The Morgan fingerprint density at radius 1 is 1.27 bits per heavy atom. The Balaban J connectivity index is 0.000000604. The largest absolute Gasteiger partial charge is 0.490 e. The maximum Gasteiger partial charge on any atom is 0.490 e. The number of carboxylic acid groups (broad SMARTS) is 1. The van der Waals surface area contributed by atoms with Crippen LogP contribution in [0.4, 0.5) is 19.0 Å². The molecule has 1 aromatic heterocycles. The van der Waals surface area contributed by atoms with Gasteiger partial charge in [0.2, 0.25) is 5.82 Å². The van der Waals surface area contributed by atoms with Gasteiger partial charge >= 0.3 is 12.1 Å². The van der Waals surface area contributed by atoms with Gasteiger partial charge in [-0.1, -0.05) is 44.0 Å². The number of anilines is 1. The molecule has 1 aromatic carbocycles. The highest BCUT2D eigenvalue weighted by molar-refractivity contribution is 6.32. The fraction of sp³-hybridized carbons (Fsp3) is 0.458. The van der Waals surface area contributed by atoms with E-state index in [-0.39, 0.29) is 22.7 Å². The number of carboxylic acids is 1. The van der Waals surface area contributed by atoms with Crippen molar-refractivity contribution in [1.29, 1.82) is 5.26 Å². The van der Waals surface area contributed by atoms with Gasteiger partial charge in [0, 0.05) is 18.7 Å². The van der Waals surface area contributed by atoms with Crippen molar-refractivity contribution in [2.75, 3.05) is 24.6 Å². The SMILES string of the molecule is CC(C)CN(NC(=O)c1cccc(CN2CCCCC2)c1)c1nc(C#N)ncc1Cl.O=C(O)C(F)(F)F. The summed E-state index contributed by atoms with van der Waals surface area (Å²) >= 11 is 6.26. The molecular weight excluding hydrogens is 513 g/mol. The lowest BCUT2D eigenvalue weighted by molar-refractivity contribution is -0.192. The minimum atomic E-state index is -5.08. The molecule has 0 unspecified atom stereocenters. The molecule has 2 heterocycles. The topological polar surface area (TPSA) is 122 Å². The molecular formula is C24H28ClF3N6O3. The van der Waals surface area contributed by atoms with Crippen molar-refractivity contribution in [1.82, 2.24) is 20.3 Å². The molecule has 9 nitrogen and oxygen atoms in total. The average Bonchev–Trinajstić information content (AvgIpc) is 2.84. The molecule has 1 aliphatic rings. The molecule has 0 spiro atoms. The second-order valence-electron chi connectivity index (χ2n) is 8.76. The molecule has 1 saturated heterocycles. The van der Waals surface area contributed by atoms with Gasteiger partial charge in [-0.2, -0.15) is 23.4 Å². The number of halogens is 4. The molecule has 3 rings (SSSR count). The third-order valence-corrected chi connectivity index (χ3v) is 5.42. The summed E-state index contributed by atoms with van der Waals surface area (Å²) in [5, 5.41) is 18.1. The number of likely N-dealkylation sites (tertiary alicyclic amines) is 1. The number of nitrogens with one attached hydrogen (secondary N) is 1. The number of hydrogen-bond acceptors (Lipinski definition) is 7. The average molecular weight is 541 g/mol. The summed E-state index contributed by atoms with van der Waals surface area (Å²) in [6, 6.07) is 9.60. The summed E-state index contributed by atoms with van der Waals surface area (Å²) in [7, 11) is 0. The maximum absolute atomic E-state index is 13.0. The van der Waals surface area contributed by atoms with Gasteiger partial charge in [0.25, 0.3) is 5.91 Å². The van der Waals surface area contributed by atoms with Crippen LogP contribution in [-0.4, -0.2) is 57.7 Å². The first-order chi connectivity index (χ1) is 17.4. The Bertz CT molecular complexity index is 1120. The van der Waals surface area contributed by atoms with E-state index >= 15 is 0 Å². The van der Waals surface area contributed by atoms with Crippen LogP contribution in [0, 0.1) is 17.2 Å². The first-order valence-electron chi connectivity index (χ1n) is 11.5. The molecule has 0 aliphatic carbocycles. The molecule has 37 heavy (non-hydrogen) atoms. The fourth-order valence-electron chi connectivity index (χ4n) is 3.53. The van der Waals surface area contributed by atoms with Crippen molar-refractivity contribution in [2.45, 2.75) is 45.8 Å². The molecule has 0 atom stereocenters. The minimum absolute atomic E-state index is 0.000865. The molecule has 13 heteroatoms. The van der Waals surface area contributed by atoms with Gasteiger partial charge < -0.3 is 5.11 Å². The summed E-state index contributed by atoms with van der Waals surface area (Å²) in [4.78, 5) is 32.4. The van der Waals surface area contributed by atoms with Crippen LogP contribution >= 0.6 is 11.6 Å². The number of nitrogens with zero attached hydrogens (tertiary/aromatic N) is 5. The van der Waals surface area contributed by atoms with Gasteiger partial charge in [-0.05, 0) is 49.5 Å². The normalized spacial score (nSPS) is 13.8. The first-order valence-corrected chi connectivity index (χ1v) is 11.9. The zero-order valence-corrected chi connectivity index (χ0v) is 21.2. The summed E-state index contributed by atoms with van der Waals surface area (Å²) < 4.78 is 31.7. The number of amides is 1. The predicted octanol–water partition coefficient (Wildman–Crippen LogP) is 4.43. The first kappa shape index (κ1) is 29.8. The number of piperidine rings is 1. The van der Waals surface area contributed by atoms with Crippen LogP contribution < -0.4 is 10.4 Å². The monoisotopic (exact) mass is 540 g/mol. The highest BCUT2D eigenvalue weighted by Crippen LogP contribution is 2.22. The lowest BCUT2D eigenvalue weighted by Gasteiger charge is -2.27. The molecule has 200 valence electrons. The van der Waals surface area contributed by atoms with E-state index in [1.807, 2.05) is 32.0 Å². The van der Waals surface area contributed by atoms with E-state index in [4.69, 9.17) is 26.8 Å². The van der Waals surface area contributed by atoms with Gasteiger partial charge in [0.1, 0.15) is 11.1 Å². The smallest absolute Gasteiger partial charge is 0.475 e. The molecule has 1 aliphatic heterocycles. The zero-order chi connectivity index (χ0) is 27.6. The Kier molecular flexibility index (Phi) is 11.1. The summed E-state index contributed by atoms with van der Waals surface area (Å²) in [6.45, 7) is 7.59. The molecule has 2 N–H and O–H groups in total. The highest BCUT2D eigenvalue weighted by atomic mass is 35.5. The van der Waals surface area contributed by atoms with E-state index in [1.54, 1.807) is 11.1 Å². The van der Waals surface area contributed by atoms with E-state index in [0.29, 0.717) is 17.9 Å². The molecule has 0 bridgehead atoms. The van der Waals surface area contributed by atoms with Crippen molar-refractivity contribution in [3.8, 4) is 6.07 Å². The second-order valence-corrected chi connectivity index (χ2v) is 9.17. The summed E-state index contributed by atoms with van der Waals surface area (Å²) in [5.74, 6) is -2.46. The van der Waals surface area contributed by atoms with E-state index in [9.17, 15) is 18.0 Å². The second kappa shape index (κ2) is 13.8. The van der Waals surface area contributed by atoms with Gasteiger partial charge in [0.15, 0.2) is 5.82 Å². The summed E-state index contributed by atoms with van der Waals surface area (Å²) in [6.07, 6.45) is 0.0499. The van der Waals surface area contributed by atoms with E-state index in [2.05, 4.69) is 26.4 Å². The predicted molar refractivity (Wildman–Crippen MR) is 131 cm³/mol. The Morgan fingerprint density at radius 2 is 1.92 bits per heavy atom. The lowest BCUT2D eigenvalue weighted by atomic mass is 10.1. The van der Waals surface area contributed by atoms with Crippen molar-refractivity contribution >= 4 is 29.3 Å². The Hall–Kier alpha value is -3.43. The van der Waals surface area contributed by atoms with Crippen LogP contribution in [0.2, 0.25) is 5.02 Å². The third-order valence-electron chi connectivity index (χ3n) is 5.15. The molecule has 2 aromatic rings. The number of rotatable bonds is 7. The number of carbonyl (C=O) groups excluding carboxylic acids is 1. The standard InChI is InChI=1S/C22H27ClN6O.C2HF3O2/c1-16(2)14-29(21-19(23)13-25-20(12-24)26-21)27-22(30)18-8-6-7-17(11-18)15-28-9-4-3-5-10-28;3-2(4,5)1(6)7/h6-8,11,13,16H,3-5,9-10,14-15H2,1-2H3,(H,27,30);(H,6,7). The van der Waals surface area contributed by atoms with Crippen molar-refractivity contribution in [3.05, 3.63) is 52.4 Å². The van der Waals surface area contributed by atoms with Crippen LogP contribution in [0.25, 0.3) is 0 Å². The van der Waals surface area contributed by atoms with Crippen LogP contribution in [0.5, 0.6) is 0 Å². The third kappa shape index (κ3) is 9.86. The van der Waals surface area contributed by atoms with Gasteiger partial charge in [-0.25, -0.2) is 9.78 Å². The van der Waals surface area contributed by atoms with Crippen LogP contribution in [0.3, 0.4) is 0 Å². The number of hydrazine groups is 1. The number of benzene rings is 1. The number of alkyl halides is 3. The zero-order valence-electron chi connectivity index (χ0n) is 20.4. The van der Waals surface area contributed by atoms with Crippen LogP contribution in [0.1, 0.15) is 54.9 Å². The number of carbonyl (C=O) groups is 2. The van der Waals surface area contributed by atoms with Gasteiger partial charge in [0.05, 0.1) is 6.20 Å². The molecule has 1 amide bonds. The summed E-state index contributed by atoms with van der Waals surface area (Å²) in [5.41, 5.74) is 4.59. The van der Waals surface area contributed by atoms with Crippen LogP contribution in [0.15, 0.2) is 30.5 Å². The quantitative estimate of drug-likeness (QED) is 0.495.